The Kier molecular flexibility index (Phi) is 6.08. The lowest BCUT2D eigenvalue weighted by atomic mass is 10.1. The molecule has 1 saturated heterocycles. The molecule has 0 radical (unpaired) electrons. The van der Waals surface area contributed by atoms with Crippen molar-refractivity contribution in [2.45, 2.75) is 45.1 Å². The third kappa shape index (κ3) is 4.57. The summed E-state index contributed by atoms with van der Waals surface area (Å²) < 4.78 is 22.9. The van der Waals surface area contributed by atoms with Gasteiger partial charge in [0.1, 0.15) is 0 Å². The Bertz CT molecular complexity index is 366. The molecular formula is C12H23NO4S. The molecule has 106 valence electrons. The minimum Gasteiger partial charge on any atom is -0.396 e. The van der Waals surface area contributed by atoms with Crippen LogP contribution in [-0.4, -0.2) is 55.0 Å². The lowest BCUT2D eigenvalue weighted by Gasteiger charge is -2.28. The third-order valence-corrected chi connectivity index (χ3v) is 5.08. The molecule has 0 spiro atoms. The van der Waals surface area contributed by atoms with Crippen molar-refractivity contribution in [2.75, 3.05) is 24.7 Å². The fraction of sp³-hybridized carbons (Fsp3) is 0.917. The summed E-state index contributed by atoms with van der Waals surface area (Å²) in [7, 11) is -2.95. The van der Waals surface area contributed by atoms with Crippen LogP contribution >= 0.6 is 0 Å². The van der Waals surface area contributed by atoms with E-state index in [4.69, 9.17) is 5.11 Å². The average molecular weight is 277 g/mol. The van der Waals surface area contributed by atoms with E-state index in [1.54, 1.807) is 11.8 Å². The van der Waals surface area contributed by atoms with E-state index < -0.39 is 9.84 Å². The second kappa shape index (κ2) is 7.09. The fourth-order valence-electron chi connectivity index (χ4n) is 2.31. The van der Waals surface area contributed by atoms with Crippen LogP contribution in [-0.2, 0) is 14.6 Å². The van der Waals surface area contributed by atoms with Gasteiger partial charge in [0.2, 0.25) is 5.91 Å². The highest BCUT2D eigenvalue weighted by Crippen LogP contribution is 2.19. The molecule has 1 heterocycles. The van der Waals surface area contributed by atoms with Gasteiger partial charge in [0.15, 0.2) is 9.84 Å². The number of hydrogen-bond acceptors (Lipinski definition) is 4. The molecule has 1 aliphatic heterocycles. The lowest BCUT2D eigenvalue weighted by molar-refractivity contribution is -0.132. The second-order valence-electron chi connectivity index (χ2n) is 4.78. The minimum absolute atomic E-state index is 0.0288. The third-order valence-electron chi connectivity index (χ3n) is 3.33. The van der Waals surface area contributed by atoms with Gasteiger partial charge < -0.3 is 10.0 Å². The summed E-state index contributed by atoms with van der Waals surface area (Å²) in [5, 5.41) is 8.71. The largest absolute Gasteiger partial charge is 0.396 e. The number of sulfone groups is 1. The van der Waals surface area contributed by atoms with Crippen molar-refractivity contribution in [3.05, 3.63) is 0 Å². The summed E-state index contributed by atoms with van der Waals surface area (Å²) in [6.07, 6.45) is 3.40. The van der Waals surface area contributed by atoms with Crippen LogP contribution < -0.4 is 0 Å². The molecular weight excluding hydrogens is 254 g/mol. The molecule has 0 unspecified atom stereocenters. The van der Waals surface area contributed by atoms with Crippen molar-refractivity contribution >= 4 is 15.7 Å². The number of carbonyl (C=O) groups is 1. The summed E-state index contributed by atoms with van der Waals surface area (Å²) >= 11 is 0. The first-order valence-corrected chi connectivity index (χ1v) is 8.43. The molecule has 1 atom stereocenters. The van der Waals surface area contributed by atoms with E-state index in [0.717, 1.165) is 19.3 Å². The first-order chi connectivity index (χ1) is 8.50. The van der Waals surface area contributed by atoms with Crippen molar-refractivity contribution in [1.29, 1.82) is 0 Å². The first kappa shape index (κ1) is 15.4. The van der Waals surface area contributed by atoms with Gasteiger partial charge in [0, 0.05) is 25.6 Å². The number of nitrogens with zero attached hydrogens (tertiary/aromatic N) is 1. The Labute approximate surface area is 109 Å². The summed E-state index contributed by atoms with van der Waals surface area (Å²) in [5.41, 5.74) is 0. The van der Waals surface area contributed by atoms with Crippen molar-refractivity contribution in [3.8, 4) is 0 Å². The van der Waals surface area contributed by atoms with Gasteiger partial charge in [0.25, 0.3) is 0 Å². The Morgan fingerprint density at radius 1 is 1.33 bits per heavy atom. The van der Waals surface area contributed by atoms with Crippen LogP contribution in [0.25, 0.3) is 0 Å². The van der Waals surface area contributed by atoms with Gasteiger partial charge in [-0.2, -0.15) is 0 Å². The summed E-state index contributed by atoms with van der Waals surface area (Å²) in [6.45, 7) is 2.57. The van der Waals surface area contributed by atoms with Crippen LogP contribution in [0.4, 0.5) is 0 Å². The Hall–Kier alpha value is -0.620. The second-order valence-corrected chi connectivity index (χ2v) is 7.01. The smallest absolute Gasteiger partial charge is 0.222 e. The van der Waals surface area contributed by atoms with Crippen molar-refractivity contribution in [1.82, 2.24) is 4.90 Å². The van der Waals surface area contributed by atoms with Crippen LogP contribution in [0.5, 0.6) is 0 Å². The van der Waals surface area contributed by atoms with Crippen LogP contribution in [0.15, 0.2) is 0 Å². The molecule has 1 N–H and O–H groups in total. The first-order valence-electron chi connectivity index (χ1n) is 6.61. The number of carbonyl (C=O) groups excluding carboxylic acids is 1. The van der Waals surface area contributed by atoms with Gasteiger partial charge in [-0.05, 0) is 25.7 Å². The molecule has 1 aliphatic rings. The number of hydrogen-bond donors (Lipinski definition) is 1. The van der Waals surface area contributed by atoms with E-state index in [1.165, 1.54) is 0 Å². The Balaban J connectivity index is 2.53. The lowest BCUT2D eigenvalue weighted by Crippen LogP contribution is -2.41. The highest BCUT2D eigenvalue weighted by Gasteiger charge is 2.33. The molecule has 5 nitrogen and oxygen atoms in total. The topological polar surface area (TPSA) is 74.7 Å². The van der Waals surface area contributed by atoms with Gasteiger partial charge >= 0.3 is 0 Å². The van der Waals surface area contributed by atoms with E-state index in [9.17, 15) is 13.2 Å². The summed E-state index contributed by atoms with van der Waals surface area (Å²) in [6, 6.07) is -0.142. The van der Waals surface area contributed by atoms with E-state index in [1.807, 2.05) is 0 Å². The molecule has 0 bridgehead atoms. The number of unbranched alkanes of at least 4 members (excludes halogenated alkanes) is 2. The molecule has 6 heteroatoms. The maximum Gasteiger partial charge on any atom is 0.222 e. The van der Waals surface area contributed by atoms with E-state index in [-0.39, 0.29) is 30.1 Å². The predicted octanol–water partition coefficient (Wildman–Crippen LogP) is 0.575. The molecule has 0 aromatic rings. The van der Waals surface area contributed by atoms with Crippen molar-refractivity contribution in [3.63, 3.8) is 0 Å². The molecule has 0 aromatic heterocycles. The minimum atomic E-state index is -2.95. The summed E-state index contributed by atoms with van der Waals surface area (Å²) in [4.78, 5) is 13.6. The van der Waals surface area contributed by atoms with E-state index >= 15 is 0 Å². The molecule has 1 amide bonds. The standard InChI is InChI=1S/C12H23NO4S/c1-2-12(15)13(7-4-3-5-8-14)11-6-9-18(16,17)10-11/h11,14H,2-10H2,1H3/t11-/m1/s1. The van der Waals surface area contributed by atoms with Crippen LogP contribution in [0.2, 0.25) is 0 Å². The van der Waals surface area contributed by atoms with Crippen LogP contribution in [0.3, 0.4) is 0 Å². The van der Waals surface area contributed by atoms with Gasteiger partial charge in [-0.3, -0.25) is 4.79 Å². The maximum atomic E-state index is 11.9. The normalized spacial score (nSPS) is 22.0. The van der Waals surface area contributed by atoms with Crippen molar-refractivity contribution in [2.24, 2.45) is 0 Å². The Morgan fingerprint density at radius 2 is 2.06 bits per heavy atom. The highest BCUT2D eigenvalue weighted by atomic mass is 32.2. The molecule has 0 aromatic carbocycles. The van der Waals surface area contributed by atoms with Crippen LogP contribution in [0.1, 0.15) is 39.0 Å². The number of aliphatic hydroxyl groups excluding tert-OH is 1. The highest BCUT2D eigenvalue weighted by molar-refractivity contribution is 7.91. The molecule has 0 aliphatic carbocycles. The summed E-state index contributed by atoms with van der Waals surface area (Å²) in [5.74, 6) is 0.335. The zero-order chi connectivity index (χ0) is 13.6. The monoisotopic (exact) mass is 277 g/mol. The quantitative estimate of drug-likeness (QED) is 0.691. The van der Waals surface area contributed by atoms with Gasteiger partial charge in [-0.25, -0.2) is 8.42 Å². The Morgan fingerprint density at radius 3 is 2.56 bits per heavy atom. The van der Waals surface area contributed by atoms with Crippen LogP contribution in [0, 0.1) is 0 Å². The number of rotatable bonds is 7. The SMILES string of the molecule is CCC(=O)N(CCCCCO)[C@@H]1CCS(=O)(=O)C1. The number of amides is 1. The molecule has 1 fully saturated rings. The molecule has 18 heavy (non-hydrogen) atoms. The van der Waals surface area contributed by atoms with Gasteiger partial charge in [-0.15, -0.1) is 0 Å². The fourth-order valence-corrected chi connectivity index (χ4v) is 4.04. The van der Waals surface area contributed by atoms with Gasteiger partial charge in [-0.1, -0.05) is 6.92 Å². The zero-order valence-electron chi connectivity index (χ0n) is 11.0. The van der Waals surface area contributed by atoms with Gasteiger partial charge in [0.05, 0.1) is 11.5 Å². The predicted molar refractivity (Wildman–Crippen MR) is 70.0 cm³/mol. The van der Waals surface area contributed by atoms with Crippen molar-refractivity contribution < 1.29 is 18.3 Å². The van der Waals surface area contributed by atoms with E-state index in [0.29, 0.717) is 19.4 Å². The number of aliphatic hydroxyl groups is 1. The molecule has 0 saturated carbocycles. The maximum absolute atomic E-state index is 11.9. The average Bonchev–Trinajstić information content (AvgIpc) is 2.68. The zero-order valence-corrected chi connectivity index (χ0v) is 11.8. The molecule has 1 rings (SSSR count). The van der Waals surface area contributed by atoms with E-state index in [2.05, 4.69) is 0 Å².